The Bertz CT molecular complexity index is 457. The molecule has 1 saturated heterocycles. The third kappa shape index (κ3) is 3.26. The Hall–Kier alpha value is -0.680. The summed E-state index contributed by atoms with van der Waals surface area (Å²) in [6, 6.07) is 4.67. The van der Waals surface area contributed by atoms with Crippen LogP contribution in [0.2, 0.25) is 5.02 Å². The molecule has 0 saturated carbocycles. The van der Waals surface area contributed by atoms with Crippen molar-refractivity contribution in [3.8, 4) is 0 Å². The van der Waals surface area contributed by atoms with Gasteiger partial charge in [0.25, 0.3) is 0 Å². The van der Waals surface area contributed by atoms with E-state index >= 15 is 0 Å². The number of ether oxygens (including phenoxy) is 1. The Labute approximate surface area is 117 Å². The fourth-order valence-corrected chi connectivity index (χ4v) is 2.35. The SMILES string of the molecule is CC(NCC1(O)CCOC1C)c1ccc(Cl)c(F)c1. The lowest BCUT2D eigenvalue weighted by Crippen LogP contribution is -2.46. The van der Waals surface area contributed by atoms with E-state index in [0.717, 1.165) is 5.56 Å². The first-order chi connectivity index (χ1) is 8.92. The van der Waals surface area contributed by atoms with E-state index in [0.29, 0.717) is 19.6 Å². The van der Waals surface area contributed by atoms with Gasteiger partial charge in [-0.2, -0.15) is 0 Å². The van der Waals surface area contributed by atoms with Gasteiger partial charge in [0.15, 0.2) is 0 Å². The van der Waals surface area contributed by atoms with Gasteiger partial charge < -0.3 is 15.2 Å². The van der Waals surface area contributed by atoms with Crippen molar-refractivity contribution < 1.29 is 14.2 Å². The van der Waals surface area contributed by atoms with E-state index in [1.165, 1.54) is 6.07 Å². The van der Waals surface area contributed by atoms with Crippen LogP contribution in [0.25, 0.3) is 0 Å². The van der Waals surface area contributed by atoms with Gasteiger partial charge in [0.1, 0.15) is 11.4 Å². The van der Waals surface area contributed by atoms with Gasteiger partial charge in [0.05, 0.1) is 11.1 Å². The van der Waals surface area contributed by atoms with Gasteiger partial charge in [-0.05, 0) is 31.5 Å². The Morgan fingerprint density at radius 1 is 1.63 bits per heavy atom. The van der Waals surface area contributed by atoms with Crippen LogP contribution in [0.4, 0.5) is 4.39 Å². The summed E-state index contributed by atoms with van der Waals surface area (Å²) in [7, 11) is 0. The molecule has 0 bridgehead atoms. The monoisotopic (exact) mass is 287 g/mol. The second-order valence-corrected chi connectivity index (χ2v) is 5.55. The molecule has 0 aromatic heterocycles. The number of halogens is 2. The summed E-state index contributed by atoms with van der Waals surface area (Å²) < 4.78 is 18.8. The van der Waals surface area contributed by atoms with Gasteiger partial charge in [0.2, 0.25) is 0 Å². The maximum atomic E-state index is 13.4. The van der Waals surface area contributed by atoms with Crippen LogP contribution in [-0.2, 0) is 4.74 Å². The van der Waals surface area contributed by atoms with Gasteiger partial charge in [-0.3, -0.25) is 0 Å². The number of hydrogen-bond acceptors (Lipinski definition) is 3. The third-order valence-electron chi connectivity index (χ3n) is 3.82. The van der Waals surface area contributed by atoms with Crippen LogP contribution in [0.15, 0.2) is 18.2 Å². The maximum Gasteiger partial charge on any atom is 0.142 e. The molecule has 106 valence electrons. The van der Waals surface area contributed by atoms with E-state index in [9.17, 15) is 9.50 Å². The lowest BCUT2D eigenvalue weighted by molar-refractivity contribution is -0.0274. The molecule has 1 aromatic carbocycles. The molecule has 1 fully saturated rings. The van der Waals surface area contributed by atoms with Crippen molar-refractivity contribution in [2.24, 2.45) is 0 Å². The van der Waals surface area contributed by atoms with Crippen molar-refractivity contribution in [3.05, 3.63) is 34.6 Å². The smallest absolute Gasteiger partial charge is 0.142 e. The highest BCUT2D eigenvalue weighted by Crippen LogP contribution is 2.26. The molecule has 0 aliphatic carbocycles. The average molecular weight is 288 g/mol. The van der Waals surface area contributed by atoms with Crippen LogP contribution in [-0.4, -0.2) is 30.0 Å². The fraction of sp³-hybridized carbons (Fsp3) is 0.571. The molecule has 0 amide bonds. The molecule has 3 nitrogen and oxygen atoms in total. The molecular formula is C14H19ClFNO2. The van der Waals surface area contributed by atoms with Gasteiger partial charge in [-0.25, -0.2) is 4.39 Å². The highest BCUT2D eigenvalue weighted by Gasteiger charge is 2.39. The van der Waals surface area contributed by atoms with Crippen molar-refractivity contribution >= 4 is 11.6 Å². The summed E-state index contributed by atoms with van der Waals surface area (Å²) in [6.07, 6.45) is 0.428. The number of benzene rings is 1. The predicted octanol–water partition coefficient (Wildman–Crippen LogP) is 2.67. The minimum atomic E-state index is -0.848. The van der Waals surface area contributed by atoms with Crippen molar-refractivity contribution in [3.63, 3.8) is 0 Å². The standard InChI is InChI=1S/C14H19ClFNO2/c1-9(11-3-4-12(15)13(16)7-11)17-8-14(18)5-6-19-10(14)2/h3-4,7,9-10,17-18H,5-6,8H2,1-2H3. The van der Waals surface area contributed by atoms with Crippen LogP contribution in [0.5, 0.6) is 0 Å². The van der Waals surface area contributed by atoms with E-state index in [4.69, 9.17) is 16.3 Å². The molecule has 5 heteroatoms. The molecule has 3 atom stereocenters. The quantitative estimate of drug-likeness (QED) is 0.895. The average Bonchev–Trinajstić information content (AvgIpc) is 2.71. The van der Waals surface area contributed by atoms with Crippen molar-refractivity contribution in [1.29, 1.82) is 0 Å². The zero-order chi connectivity index (χ0) is 14.0. The zero-order valence-electron chi connectivity index (χ0n) is 11.1. The first kappa shape index (κ1) is 14.7. The second kappa shape index (κ2) is 5.75. The maximum absolute atomic E-state index is 13.4. The predicted molar refractivity (Wildman–Crippen MR) is 72.8 cm³/mol. The van der Waals surface area contributed by atoms with E-state index in [2.05, 4.69) is 5.32 Å². The van der Waals surface area contributed by atoms with Gasteiger partial charge in [0, 0.05) is 25.6 Å². The Morgan fingerprint density at radius 3 is 2.95 bits per heavy atom. The molecule has 0 spiro atoms. The topological polar surface area (TPSA) is 41.5 Å². The van der Waals surface area contributed by atoms with E-state index in [-0.39, 0.29) is 17.2 Å². The molecule has 1 aliphatic heterocycles. The van der Waals surface area contributed by atoms with Crippen molar-refractivity contribution in [2.75, 3.05) is 13.2 Å². The Balaban J connectivity index is 1.97. The van der Waals surface area contributed by atoms with E-state index < -0.39 is 11.4 Å². The summed E-state index contributed by atoms with van der Waals surface area (Å²) in [4.78, 5) is 0. The lowest BCUT2D eigenvalue weighted by atomic mass is 9.96. The van der Waals surface area contributed by atoms with Gasteiger partial charge in [-0.15, -0.1) is 0 Å². The van der Waals surface area contributed by atoms with Crippen LogP contribution >= 0.6 is 11.6 Å². The molecule has 0 radical (unpaired) electrons. The van der Waals surface area contributed by atoms with E-state index in [1.54, 1.807) is 12.1 Å². The highest BCUT2D eigenvalue weighted by molar-refractivity contribution is 6.30. The van der Waals surface area contributed by atoms with Crippen LogP contribution in [0, 0.1) is 5.82 Å². The van der Waals surface area contributed by atoms with Crippen LogP contribution in [0.3, 0.4) is 0 Å². The van der Waals surface area contributed by atoms with Crippen molar-refractivity contribution in [2.45, 2.75) is 38.0 Å². The first-order valence-corrected chi connectivity index (χ1v) is 6.82. The molecule has 3 unspecified atom stereocenters. The minimum Gasteiger partial charge on any atom is -0.386 e. The summed E-state index contributed by atoms with van der Waals surface area (Å²) in [5.41, 5.74) is -0.0451. The molecule has 2 N–H and O–H groups in total. The van der Waals surface area contributed by atoms with Gasteiger partial charge in [-0.1, -0.05) is 17.7 Å². The Morgan fingerprint density at radius 2 is 2.37 bits per heavy atom. The minimum absolute atomic E-state index is 0.0661. The van der Waals surface area contributed by atoms with Crippen LogP contribution in [0.1, 0.15) is 31.9 Å². The number of aliphatic hydroxyl groups is 1. The fourth-order valence-electron chi connectivity index (χ4n) is 2.23. The number of hydrogen-bond donors (Lipinski definition) is 2. The lowest BCUT2D eigenvalue weighted by Gasteiger charge is -2.28. The molecule has 2 rings (SSSR count). The van der Waals surface area contributed by atoms with Gasteiger partial charge >= 0.3 is 0 Å². The largest absolute Gasteiger partial charge is 0.386 e. The van der Waals surface area contributed by atoms with Crippen LogP contribution < -0.4 is 5.32 Å². The second-order valence-electron chi connectivity index (χ2n) is 5.14. The Kier molecular flexibility index (Phi) is 4.46. The first-order valence-electron chi connectivity index (χ1n) is 6.45. The summed E-state index contributed by atoms with van der Waals surface area (Å²) >= 11 is 5.66. The normalized spacial score (nSPS) is 28.6. The summed E-state index contributed by atoms with van der Waals surface area (Å²) in [6.45, 7) is 4.77. The third-order valence-corrected chi connectivity index (χ3v) is 4.12. The zero-order valence-corrected chi connectivity index (χ0v) is 11.9. The number of nitrogens with one attached hydrogen (secondary N) is 1. The molecule has 19 heavy (non-hydrogen) atoms. The molecule has 1 heterocycles. The highest BCUT2D eigenvalue weighted by atomic mass is 35.5. The summed E-state index contributed by atoms with van der Waals surface area (Å²) in [5, 5.41) is 13.7. The number of rotatable bonds is 4. The van der Waals surface area contributed by atoms with Crippen molar-refractivity contribution in [1.82, 2.24) is 5.32 Å². The molecule has 1 aliphatic rings. The summed E-state index contributed by atoms with van der Waals surface area (Å²) in [5.74, 6) is -0.427. The van der Waals surface area contributed by atoms with E-state index in [1.807, 2.05) is 13.8 Å². The molecular weight excluding hydrogens is 269 g/mol. The molecule has 1 aromatic rings.